The first-order chi connectivity index (χ1) is 12.5. The van der Waals surface area contributed by atoms with E-state index in [0.717, 1.165) is 21.5 Å². The molecular weight excluding hydrogens is 358 g/mol. The number of hydrogen-bond acceptors (Lipinski definition) is 4. The van der Waals surface area contributed by atoms with E-state index >= 15 is 0 Å². The van der Waals surface area contributed by atoms with E-state index in [1.54, 1.807) is 12.1 Å². The zero-order valence-electron chi connectivity index (χ0n) is 13.9. The molecule has 0 spiro atoms. The van der Waals surface area contributed by atoms with Crippen LogP contribution in [0.5, 0.6) is 5.75 Å². The number of thioether (sulfide) groups is 1. The molecule has 1 amide bonds. The number of carbonyl (C=O) groups excluding carboxylic acids is 1. The van der Waals surface area contributed by atoms with Crippen molar-refractivity contribution >= 4 is 34.3 Å². The van der Waals surface area contributed by atoms with Gasteiger partial charge in [-0.3, -0.25) is 4.79 Å². The van der Waals surface area contributed by atoms with Gasteiger partial charge in [0.05, 0.1) is 22.0 Å². The smallest absolute Gasteiger partial charge is 0.387 e. The Morgan fingerprint density at radius 1 is 1.19 bits per heavy atom. The number of nitrogens with zero attached hydrogens (tertiary/aromatic N) is 1. The molecule has 0 unspecified atom stereocenters. The minimum Gasteiger partial charge on any atom is -0.433 e. The van der Waals surface area contributed by atoms with Crippen molar-refractivity contribution in [2.24, 2.45) is 0 Å². The topological polar surface area (TPSA) is 51.2 Å². The van der Waals surface area contributed by atoms with Gasteiger partial charge >= 0.3 is 6.61 Å². The number of hydrogen-bond donors (Lipinski definition) is 1. The second kappa shape index (κ2) is 8.14. The van der Waals surface area contributed by atoms with Gasteiger partial charge in [0.25, 0.3) is 0 Å². The average Bonchev–Trinajstić information content (AvgIpc) is 2.61. The van der Waals surface area contributed by atoms with E-state index in [9.17, 15) is 13.6 Å². The molecule has 4 nitrogen and oxygen atoms in total. The van der Waals surface area contributed by atoms with Gasteiger partial charge in [0.2, 0.25) is 5.91 Å². The molecule has 0 saturated carbocycles. The fraction of sp³-hybridized carbons (Fsp3) is 0.158. The highest BCUT2D eigenvalue weighted by Crippen LogP contribution is 2.27. The van der Waals surface area contributed by atoms with E-state index in [1.165, 1.54) is 23.9 Å². The number of halogens is 2. The monoisotopic (exact) mass is 374 g/mol. The van der Waals surface area contributed by atoms with Crippen LogP contribution in [-0.2, 0) is 4.79 Å². The molecule has 2 aromatic carbocycles. The maximum atomic E-state index is 12.4. The third-order valence-electron chi connectivity index (χ3n) is 3.63. The highest BCUT2D eigenvalue weighted by Gasteiger charge is 2.12. The number of amides is 1. The number of fused-ring (bicyclic) bond motifs is 1. The number of aryl methyl sites for hydroxylation is 1. The molecule has 134 valence electrons. The van der Waals surface area contributed by atoms with Gasteiger partial charge in [-0.25, -0.2) is 4.98 Å². The number of para-hydroxylation sites is 3. The molecule has 0 atom stereocenters. The molecule has 0 bridgehead atoms. The van der Waals surface area contributed by atoms with E-state index in [2.05, 4.69) is 15.0 Å². The van der Waals surface area contributed by atoms with Crippen molar-refractivity contribution in [1.29, 1.82) is 0 Å². The maximum absolute atomic E-state index is 12.4. The summed E-state index contributed by atoms with van der Waals surface area (Å²) in [4.78, 5) is 16.7. The Bertz CT molecular complexity index is 934. The lowest BCUT2D eigenvalue weighted by Gasteiger charge is -2.11. The first kappa shape index (κ1) is 18.1. The SMILES string of the molecule is Cc1cc(SCC(=O)Nc2ccccc2OC(F)F)nc2ccccc12. The molecule has 1 aromatic heterocycles. The molecular formula is C19H16F2N2O2S. The predicted molar refractivity (Wildman–Crippen MR) is 98.9 cm³/mol. The first-order valence-corrected chi connectivity index (χ1v) is 8.84. The highest BCUT2D eigenvalue weighted by atomic mass is 32.2. The van der Waals surface area contributed by atoms with Gasteiger partial charge < -0.3 is 10.1 Å². The second-order valence-corrected chi connectivity index (χ2v) is 6.50. The molecule has 0 aliphatic rings. The van der Waals surface area contributed by atoms with Crippen molar-refractivity contribution in [3.05, 3.63) is 60.2 Å². The summed E-state index contributed by atoms with van der Waals surface area (Å²) in [5.41, 5.74) is 2.15. The molecule has 0 aliphatic carbocycles. The second-order valence-electron chi connectivity index (χ2n) is 5.51. The van der Waals surface area contributed by atoms with Crippen LogP contribution in [0.25, 0.3) is 10.9 Å². The van der Waals surface area contributed by atoms with Crippen LogP contribution in [0.4, 0.5) is 14.5 Å². The molecule has 0 aliphatic heterocycles. The van der Waals surface area contributed by atoms with Gasteiger partial charge in [-0.1, -0.05) is 42.1 Å². The summed E-state index contributed by atoms with van der Waals surface area (Å²) in [5.74, 6) is -0.290. The van der Waals surface area contributed by atoms with Gasteiger partial charge in [-0.15, -0.1) is 0 Å². The number of rotatable bonds is 6. The number of anilines is 1. The summed E-state index contributed by atoms with van der Waals surface area (Å²) in [5, 5.41) is 4.39. The van der Waals surface area contributed by atoms with E-state index < -0.39 is 6.61 Å². The number of carbonyl (C=O) groups is 1. The molecule has 1 heterocycles. The molecule has 7 heteroatoms. The van der Waals surface area contributed by atoms with Crippen LogP contribution < -0.4 is 10.1 Å². The van der Waals surface area contributed by atoms with Crippen molar-refractivity contribution in [2.75, 3.05) is 11.1 Å². The Morgan fingerprint density at radius 3 is 2.73 bits per heavy atom. The van der Waals surface area contributed by atoms with Gasteiger partial charge in [0.15, 0.2) is 0 Å². The summed E-state index contributed by atoms with van der Waals surface area (Å²) in [6.07, 6.45) is 0. The van der Waals surface area contributed by atoms with Crippen molar-refractivity contribution in [3.63, 3.8) is 0 Å². The molecule has 0 radical (unpaired) electrons. The standard InChI is InChI=1S/C19H16F2N2O2S/c1-12-10-18(23-14-7-3-2-6-13(12)14)26-11-17(24)22-15-8-4-5-9-16(15)25-19(20)21/h2-10,19H,11H2,1H3,(H,22,24). The fourth-order valence-corrected chi connectivity index (χ4v) is 3.26. The number of ether oxygens (including phenoxy) is 1. The normalized spacial score (nSPS) is 10.9. The van der Waals surface area contributed by atoms with Gasteiger partial charge in [-0.2, -0.15) is 8.78 Å². The van der Waals surface area contributed by atoms with Crippen LogP contribution in [0.2, 0.25) is 0 Å². The van der Waals surface area contributed by atoms with Crippen LogP contribution >= 0.6 is 11.8 Å². The van der Waals surface area contributed by atoms with Crippen LogP contribution in [0, 0.1) is 6.92 Å². The van der Waals surface area contributed by atoms with E-state index in [-0.39, 0.29) is 23.1 Å². The Morgan fingerprint density at radius 2 is 1.92 bits per heavy atom. The Hall–Kier alpha value is -2.67. The zero-order chi connectivity index (χ0) is 18.5. The number of nitrogens with one attached hydrogen (secondary N) is 1. The average molecular weight is 374 g/mol. The number of benzene rings is 2. The Labute approximate surface area is 153 Å². The largest absolute Gasteiger partial charge is 0.433 e. The van der Waals surface area contributed by atoms with E-state index in [1.807, 2.05) is 37.3 Å². The lowest BCUT2D eigenvalue weighted by Crippen LogP contribution is -2.15. The Balaban J connectivity index is 1.66. The van der Waals surface area contributed by atoms with Crippen LogP contribution in [0.1, 0.15) is 5.56 Å². The summed E-state index contributed by atoms with van der Waals surface area (Å²) in [7, 11) is 0. The van der Waals surface area contributed by atoms with E-state index in [4.69, 9.17) is 0 Å². The molecule has 3 aromatic rings. The number of aromatic nitrogens is 1. The van der Waals surface area contributed by atoms with Crippen LogP contribution in [0.15, 0.2) is 59.6 Å². The first-order valence-electron chi connectivity index (χ1n) is 7.86. The third kappa shape index (κ3) is 4.49. The highest BCUT2D eigenvalue weighted by molar-refractivity contribution is 7.99. The van der Waals surface area contributed by atoms with Gasteiger partial charge in [0.1, 0.15) is 5.75 Å². The van der Waals surface area contributed by atoms with Crippen molar-refractivity contribution < 1.29 is 18.3 Å². The van der Waals surface area contributed by atoms with E-state index in [0.29, 0.717) is 0 Å². The molecule has 0 saturated heterocycles. The van der Waals surface area contributed by atoms with Crippen molar-refractivity contribution in [2.45, 2.75) is 18.6 Å². The van der Waals surface area contributed by atoms with Crippen LogP contribution in [0.3, 0.4) is 0 Å². The molecule has 0 fully saturated rings. The summed E-state index contributed by atoms with van der Waals surface area (Å²) in [6.45, 7) is -0.960. The summed E-state index contributed by atoms with van der Waals surface area (Å²) in [6, 6.07) is 15.8. The lowest BCUT2D eigenvalue weighted by atomic mass is 10.1. The Kier molecular flexibility index (Phi) is 5.68. The minimum atomic E-state index is -2.95. The minimum absolute atomic E-state index is 0.0690. The number of alkyl halides is 2. The third-order valence-corrected chi connectivity index (χ3v) is 4.54. The molecule has 3 rings (SSSR count). The predicted octanol–water partition coefficient (Wildman–Crippen LogP) is 4.88. The lowest BCUT2D eigenvalue weighted by molar-refractivity contribution is -0.113. The summed E-state index contributed by atoms with van der Waals surface area (Å²) < 4.78 is 29.3. The number of pyridine rings is 1. The molecule has 26 heavy (non-hydrogen) atoms. The molecule has 1 N–H and O–H groups in total. The fourth-order valence-electron chi connectivity index (χ4n) is 2.49. The quantitative estimate of drug-likeness (QED) is 0.625. The van der Waals surface area contributed by atoms with Crippen LogP contribution in [-0.4, -0.2) is 23.3 Å². The maximum Gasteiger partial charge on any atom is 0.387 e. The van der Waals surface area contributed by atoms with Crippen molar-refractivity contribution in [1.82, 2.24) is 4.98 Å². The van der Waals surface area contributed by atoms with Gasteiger partial charge in [0, 0.05) is 5.39 Å². The van der Waals surface area contributed by atoms with Gasteiger partial charge in [-0.05, 0) is 36.8 Å². The summed E-state index contributed by atoms with van der Waals surface area (Å²) >= 11 is 1.28. The van der Waals surface area contributed by atoms with Crippen molar-refractivity contribution in [3.8, 4) is 5.75 Å². The zero-order valence-corrected chi connectivity index (χ0v) is 14.7.